The van der Waals surface area contributed by atoms with Crippen LogP contribution in [-0.2, 0) is 13.0 Å². The van der Waals surface area contributed by atoms with Crippen LogP contribution in [0.25, 0.3) is 0 Å². The van der Waals surface area contributed by atoms with E-state index >= 15 is 0 Å². The first-order valence-corrected chi connectivity index (χ1v) is 6.26. The first kappa shape index (κ1) is 12.7. The maximum absolute atomic E-state index is 9.42. The largest absolute Gasteiger partial charge is 0.394 e. The third-order valence-corrected chi connectivity index (χ3v) is 3.34. The zero-order valence-electron chi connectivity index (χ0n) is 9.52. The Balaban J connectivity index is 2.25. The van der Waals surface area contributed by atoms with Gasteiger partial charge in [-0.15, -0.1) is 16.4 Å². The molecule has 2 N–H and O–H groups in total. The molecule has 1 unspecified atom stereocenters. The van der Waals surface area contributed by atoms with Crippen molar-refractivity contribution >= 4 is 11.3 Å². The van der Waals surface area contributed by atoms with Crippen LogP contribution in [0.3, 0.4) is 0 Å². The second-order valence-electron chi connectivity index (χ2n) is 3.77. The molecule has 94 valence electrons. The predicted molar refractivity (Wildman–Crippen MR) is 65.0 cm³/mol. The quantitative estimate of drug-likeness (QED) is 0.802. The molecule has 7 heteroatoms. The summed E-state index contributed by atoms with van der Waals surface area (Å²) in [4.78, 5) is 1.09. The number of aliphatic hydroxyl groups excluding tert-OH is 2. The van der Waals surface area contributed by atoms with E-state index in [1.165, 1.54) is 4.68 Å². The lowest BCUT2D eigenvalue weighted by Gasteiger charge is -2.09. The van der Waals surface area contributed by atoms with Gasteiger partial charge in [0.05, 0.1) is 24.9 Å². The summed E-state index contributed by atoms with van der Waals surface area (Å²) >= 11 is 1.58. The molecule has 2 rings (SSSR count). The van der Waals surface area contributed by atoms with Crippen molar-refractivity contribution in [2.24, 2.45) is 0 Å². The van der Waals surface area contributed by atoms with Crippen molar-refractivity contribution in [3.63, 3.8) is 0 Å². The Hall–Kier alpha value is -1.75. The Morgan fingerprint density at radius 3 is 3.00 bits per heavy atom. The lowest BCUT2D eigenvalue weighted by Crippen LogP contribution is -2.22. The number of nitriles is 1. The number of hydrogen-bond acceptors (Lipinski definition) is 6. The average Bonchev–Trinajstić information content (AvgIpc) is 3.01. The van der Waals surface area contributed by atoms with Gasteiger partial charge in [0, 0.05) is 11.3 Å². The molecule has 2 heterocycles. The number of rotatable bonds is 5. The van der Waals surface area contributed by atoms with Crippen molar-refractivity contribution in [3.8, 4) is 6.07 Å². The van der Waals surface area contributed by atoms with E-state index in [0.29, 0.717) is 12.1 Å². The van der Waals surface area contributed by atoms with E-state index in [9.17, 15) is 5.11 Å². The van der Waals surface area contributed by atoms with Gasteiger partial charge in [0.25, 0.3) is 0 Å². The number of hydrogen-bond donors (Lipinski definition) is 2. The fourth-order valence-electron chi connectivity index (χ4n) is 1.58. The molecule has 0 bridgehead atoms. The number of nitrogens with zero attached hydrogens (tertiary/aromatic N) is 4. The summed E-state index contributed by atoms with van der Waals surface area (Å²) in [6.45, 7) is -0.216. The summed E-state index contributed by atoms with van der Waals surface area (Å²) < 4.78 is 1.47. The van der Waals surface area contributed by atoms with Crippen LogP contribution in [0.5, 0.6) is 0 Å². The molecular weight excluding hydrogens is 252 g/mol. The number of aromatic nitrogens is 3. The van der Waals surface area contributed by atoms with E-state index in [0.717, 1.165) is 4.88 Å². The number of aliphatic hydroxyl groups is 2. The van der Waals surface area contributed by atoms with Crippen LogP contribution in [0.15, 0.2) is 17.5 Å². The molecule has 2 aromatic rings. The molecule has 0 spiro atoms. The third kappa shape index (κ3) is 2.73. The molecule has 18 heavy (non-hydrogen) atoms. The Morgan fingerprint density at radius 1 is 1.56 bits per heavy atom. The van der Waals surface area contributed by atoms with E-state index < -0.39 is 6.10 Å². The van der Waals surface area contributed by atoms with Crippen LogP contribution < -0.4 is 0 Å². The van der Waals surface area contributed by atoms with Gasteiger partial charge < -0.3 is 10.2 Å². The highest BCUT2D eigenvalue weighted by Gasteiger charge is 2.15. The van der Waals surface area contributed by atoms with Crippen LogP contribution in [0.2, 0.25) is 0 Å². The monoisotopic (exact) mass is 264 g/mol. The Bertz CT molecular complexity index is 544. The summed E-state index contributed by atoms with van der Waals surface area (Å²) in [5.74, 6) is 0. The smallest absolute Gasteiger partial charge is 0.186 e. The van der Waals surface area contributed by atoms with E-state index in [2.05, 4.69) is 10.3 Å². The van der Waals surface area contributed by atoms with Crippen LogP contribution >= 0.6 is 11.3 Å². The van der Waals surface area contributed by atoms with Gasteiger partial charge in [-0.05, 0) is 11.4 Å². The van der Waals surface area contributed by atoms with Gasteiger partial charge in [-0.3, -0.25) is 0 Å². The van der Waals surface area contributed by atoms with Gasteiger partial charge in [-0.2, -0.15) is 5.26 Å². The highest BCUT2D eigenvalue weighted by Crippen LogP contribution is 2.16. The fourth-order valence-corrected chi connectivity index (χ4v) is 2.29. The Morgan fingerprint density at radius 2 is 2.39 bits per heavy atom. The fraction of sp³-hybridized carbons (Fsp3) is 0.364. The molecule has 0 saturated heterocycles. The first-order chi connectivity index (χ1) is 8.74. The van der Waals surface area contributed by atoms with Crippen LogP contribution in [-0.4, -0.2) is 37.9 Å². The summed E-state index contributed by atoms with van der Waals surface area (Å²) in [6, 6.07) is 5.88. The minimum Gasteiger partial charge on any atom is -0.394 e. The molecule has 0 aliphatic rings. The normalized spacial score (nSPS) is 12.3. The second-order valence-corrected chi connectivity index (χ2v) is 4.80. The first-order valence-electron chi connectivity index (χ1n) is 5.38. The molecule has 0 fully saturated rings. The van der Waals surface area contributed by atoms with Gasteiger partial charge in [-0.25, -0.2) is 4.68 Å². The van der Waals surface area contributed by atoms with Gasteiger partial charge >= 0.3 is 0 Å². The summed E-state index contributed by atoms with van der Waals surface area (Å²) in [5, 5.41) is 36.8. The van der Waals surface area contributed by atoms with E-state index in [4.69, 9.17) is 10.4 Å². The maximum Gasteiger partial charge on any atom is 0.186 e. The van der Waals surface area contributed by atoms with Crippen molar-refractivity contribution in [2.45, 2.75) is 19.1 Å². The maximum atomic E-state index is 9.42. The zero-order chi connectivity index (χ0) is 13.0. The van der Waals surface area contributed by atoms with Gasteiger partial charge in [-0.1, -0.05) is 11.3 Å². The van der Waals surface area contributed by atoms with Gasteiger partial charge in [0.1, 0.15) is 6.07 Å². The molecule has 0 aliphatic carbocycles. The van der Waals surface area contributed by atoms with Crippen molar-refractivity contribution in [1.29, 1.82) is 5.26 Å². The van der Waals surface area contributed by atoms with Crippen LogP contribution in [0.1, 0.15) is 16.3 Å². The SMILES string of the molecule is N#Cc1nnn(CC(O)CO)c1Cc1cccs1. The van der Waals surface area contributed by atoms with Crippen LogP contribution in [0.4, 0.5) is 0 Å². The molecule has 0 radical (unpaired) electrons. The van der Waals surface area contributed by atoms with E-state index in [1.54, 1.807) is 11.3 Å². The minimum atomic E-state index is -0.902. The topological polar surface area (TPSA) is 95.0 Å². The molecule has 0 saturated carbocycles. The van der Waals surface area contributed by atoms with E-state index in [-0.39, 0.29) is 18.8 Å². The Labute approximate surface area is 108 Å². The highest BCUT2D eigenvalue weighted by molar-refractivity contribution is 7.09. The van der Waals surface area contributed by atoms with Crippen molar-refractivity contribution < 1.29 is 10.2 Å². The standard InChI is InChI=1S/C11H12N4O2S/c12-5-10-11(4-9-2-1-3-18-9)15(14-13-10)6-8(17)7-16/h1-3,8,16-17H,4,6-7H2. The highest BCUT2D eigenvalue weighted by atomic mass is 32.1. The van der Waals surface area contributed by atoms with Gasteiger partial charge in [0.15, 0.2) is 5.69 Å². The van der Waals surface area contributed by atoms with Crippen molar-refractivity contribution in [3.05, 3.63) is 33.8 Å². The summed E-state index contributed by atoms with van der Waals surface area (Å²) in [6.07, 6.45) is -0.355. The minimum absolute atomic E-state index is 0.131. The third-order valence-electron chi connectivity index (χ3n) is 2.46. The molecule has 0 aliphatic heterocycles. The van der Waals surface area contributed by atoms with Gasteiger partial charge in [0.2, 0.25) is 0 Å². The zero-order valence-corrected chi connectivity index (χ0v) is 10.3. The lowest BCUT2D eigenvalue weighted by molar-refractivity contribution is 0.0771. The molecule has 0 amide bonds. The average molecular weight is 264 g/mol. The van der Waals surface area contributed by atoms with Crippen molar-refractivity contribution in [2.75, 3.05) is 6.61 Å². The molecular formula is C11H12N4O2S. The van der Waals surface area contributed by atoms with Crippen molar-refractivity contribution in [1.82, 2.24) is 15.0 Å². The number of thiophene rings is 1. The molecule has 1 atom stereocenters. The van der Waals surface area contributed by atoms with Crippen LogP contribution in [0, 0.1) is 11.3 Å². The van der Waals surface area contributed by atoms with E-state index in [1.807, 2.05) is 23.6 Å². The summed E-state index contributed by atoms with van der Waals surface area (Å²) in [5.41, 5.74) is 0.918. The Kier molecular flexibility index (Phi) is 4.04. The molecule has 0 aromatic carbocycles. The molecule has 2 aromatic heterocycles. The second kappa shape index (κ2) is 5.73. The molecule has 6 nitrogen and oxygen atoms in total. The lowest BCUT2D eigenvalue weighted by atomic mass is 10.2. The summed E-state index contributed by atoms with van der Waals surface area (Å²) in [7, 11) is 0. The predicted octanol–water partition coefficient (Wildman–Crippen LogP) is 0.155.